The van der Waals surface area contributed by atoms with Gasteiger partial charge in [0.05, 0.1) is 0 Å². The van der Waals surface area contributed by atoms with Crippen molar-refractivity contribution in [3.8, 4) is 5.75 Å². The van der Waals surface area contributed by atoms with Gasteiger partial charge < -0.3 is 19.4 Å². The topological polar surface area (TPSA) is 54.7 Å². The molecular weight excluding hydrogens is 340 g/mol. The summed E-state index contributed by atoms with van der Waals surface area (Å²) in [4.78, 5) is 14.5. The molecule has 5 heteroatoms. The lowest BCUT2D eigenvalue weighted by atomic mass is 10.1. The lowest BCUT2D eigenvalue weighted by Gasteiger charge is -2.17. The molecule has 2 aromatic rings. The molecule has 5 nitrogen and oxygen atoms in total. The Morgan fingerprint density at radius 3 is 2.74 bits per heavy atom. The molecule has 0 unspecified atom stereocenters. The molecule has 0 bridgehead atoms. The zero-order valence-electron chi connectivity index (χ0n) is 16.4. The van der Waals surface area contributed by atoms with E-state index < -0.39 is 0 Å². The molecule has 0 saturated carbocycles. The van der Waals surface area contributed by atoms with E-state index in [2.05, 4.69) is 30.6 Å². The van der Waals surface area contributed by atoms with Gasteiger partial charge in [-0.3, -0.25) is 4.79 Å². The van der Waals surface area contributed by atoms with Gasteiger partial charge in [-0.1, -0.05) is 38.1 Å². The number of allylic oxidation sites excluding steroid dienone is 1. The first-order valence-electron chi connectivity index (χ1n) is 9.58. The van der Waals surface area contributed by atoms with E-state index in [1.54, 1.807) is 12.1 Å². The number of ether oxygens (including phenoxy) is 1. The molecule has 1 amide bonds. The molecule has 0 atom stereocenters. The van der Waals surface area contributed by atoms with Gasteiger partial charge in [-0.2, -0.15) is 0 Å². The molecule has 0 aliphatic heterocycles. The van der Waals surface area contributed by atoms with Crippen LogP contribution in [-0.2, 0) is 13.0 Å². The Kier molecular flexibility index (Phi) is 8.65. The van der Waals surface area contributed by atoms with Gasteiger partial charge in [0.25, 0.3) is 5.91 Å². The van der Waals surface area contributed by atoms with Crippen LogP contribution in [0, 0.1) is 0 Å². The summed E-state index contributed by atoms with van der Waals surface area (Å²) >= 11 is 0. The molecule has 0 aliphatic rings. The van der Waals surface area contributed by atoms with Gasteiger partial charge in [0.2, 0.25) is 0 Å². The lowest BCUT2D eigenvalue weighted by Crippen LogP contribution is -2.29. The summed E-state index contributed by atoms with van der Waals surface area (Å²) in [6.45, 7) is 12.0. The molecule has 0 fully saturated rings. The number of carbonyl (C=O) groups is 1. The fourth-order valence-corrected chi connectivity index (χ4v) is 2.83. The van der Waals surface area contributed by atoms with Gasteiger partial charge in [-0.05, 0) is 56.2 Å². The van der Waals surface area contributed by atoms with Crippen LogP contribution in [0.5, 0.6) is 5.75 Å². The molecule has 0 radical (unpaired) electrons. The fraction of sp³-hybridized carbons (Fsp3) is 0.409. The van der Waals surface area contributed by atoms with Crippen LogP contribution in [0.15, 0.2) is 53.5 Å². The van der Waals surface area contributed by atoms with Crippen molar-refractivity contribution in [1.82, 2.24) is 10.2 Å². The molecule has 1 aromatic heterocycles. The molecule has 2 rings (SSSR count). The van der Waals surface area contributed by atoms with Crippen LogP contribution in [0.4, 0.5) is 0 Å². The third-order valence-corrected chi connectivity index (χ3v) is 4.42. The Balaban J connectivity index is 1.80. The minimum absolute atomic E-state index is 0.187. The minimum Gasteiger partial charge on any atom is -0.485 e. The number of hydrogen-bond acceptors (Lipinski definition) is 4. The molecule has 0 aliphatic carbocycles. The first-order valence-corrected chi connectivity index (χ1v) is 9.58. The van der Waals surface area contributed by atoms with Crippen molar-refractivity contribution >= 4 is 5.91 Å². The number of nitrogens with one attached hydrogen (secondary N) is 1. The quantitative estimate of drug-likeness (QED) is 0.452. The van der Waals surface area contributed by atoms with Gasteiger partial charge in [0.1, 0.15) is 18.1 Å². The summed E-state index contributed by atoms with van der Waals surface area (Å²) in [6.07, 6.45) is 3.51. The van der Waals surface area contributed by atoms with Crippen LogP contribution in [0.25, 0.3) is 0 Å². The second kappa shape index (κ2) is 11.2. The zero-order chi connectivity index (χ0) is 19.5. The van der Waals surface area contributed by atoms with Gasteiger partial charge in [-0.25, -0.2) is 0 Å². The first kappa shape index (κ1) is 20.8. The lowest BCUT2D eigenvalue weighted by molar-refractivity contribution is 0.0920. The van der Waals surface area contributed by atoms with Crippen molar-refractivity contribution in [3.63, 3.8) is 0 Å². The SMILES string of the molecule is C=CCc1ccccc1OCc1ccc(C(=O)NCCCN(CC)CC)o1. The van der Waals surface area contributed by atoms with E-state index in [-0.39, 0.29) is 12.5 Å². The number of furan rings is 1. The first-order chi connectivity index (χ1) is 13.2. The predicted molar refractivity (Wildman–Crippen MR) is 108 cm³/mol. The van der Waals surface area contributed by atoms with Crippen LogP contribution < -0.4 is 10.1 Å². The molecule has 0 spiro atoms. The molecule has 146 valence electrons. The molecule has 0 saturated heterocycles. The maximum Gasteiger partial charge on any atom is 0.286 e. The van der Waals surface area contributed by atoms with E-state index in [1.807, 2.05) is 30.3 Å². The third kappa shape index (κ3) is 6.61. The van der Waals surface area contributed by atoms with E-state index in [0.29, 0.717) is 18.1 Å². The van der Waals surface area contributed by atoms with Crippen molar-refractivity contribution in [2.24, 2.45) is 0 Å². The van der Waals surface area contributed by atoms with Gasteiger partial charge in [0, 0.05) is 6.54 Å². The molecule has 1 aromatic carbocycles. The van der Waals surface area contributed by atoms with Gasteiger partial charge in [0.15, 0.2) is 5.76 Å². The summed E-state index contributed by atoms with van der Waals surface area (Å²) in [7, 11) is 0. The molecule has 27 heavy (non-hydrogen) atoms. The Hall–Kier alpha value is -2.53. The van der Waals surface area contributed by atoms with E-state index in [0.717, 1.165) is 43.8 Å². The number of nitrogens with zero attached hydrogens (tertiary/aromatic N) is 1. The maximum absolute atomic E-state index is 12.2. The smallest absolute Gasteiger partial charge is 0.286 e. The number of amides is 1. The van der Waals surface area contributed by atoms with Crippen molar-refractivity contribution in [3.05, 3.63) is 66.1 Å². The average molecular weight is 370 g/mol. The maximum atomic E-state index is 12.2. The van der Waals surface area contributed by atoms with Crippen LogP contribution in [0.1, 0.15) is 42.1 Å². The monoisotopic (exact) mass is 370 g/mol. The Morgan fingerprint density at radius 1 is 1.22 bits per heavy atom. The van der Waals surface area contributed by atoms with E-state index in [9.17, 15) is 4.79 Å². The highest BCUT2D eigenvalue weighted by atomic mass is 16.5. The summed E-state index contributed by atoms with van der Waals surface area (Å²) in [6, 6.07) is 11.3. The normalized spacial score (nSPS) is 10.8. The third-order valence-electron chi connectivity index (χ3n) is 4.42. The fourth-order valence-electron chi connectivity index (χ4n) is 2.83. The van der Waals surface area contributed by atoms with Crippen molar-refractivity contribution < 1.29 is 13.9 Å². The summed E-state index contributed by atoms with van der Waals surface area (Å²) in [5.74, 6) is 1.55. The minimum atomic E-state index is -0.187. The van der Waals surface area contributed by atoms with Crippen LogP contribution in [0.3, 0.4) is 0 Å². The predicted octanol–water partition coefficient (Wildman–Crippen LogP) is 4.05. The van der Waals surface area contributed by atoms with E-state index in [1.165, 1.54) is 0 Å². The highest BCUT2D eigenvalue weighted by molar-refractivity contribution is 5.91. The number of hydrogen-bond donors (Lipinski definition) is 1. The standard InChI is InChI=1S/C22H30N2O3/c1-4-10-18-11-7-8-12-20(18)26-17-19-13-14-21(27-19)22(25)23-15-9-16-24(5-2)6-3/h4,7-8,11-14H,1,5-6,9-10,15-17H2,2-3H3,(H,23,25). The van der Waals surface area contributed by atoms with Crippen LogP contribution >= 0.6 is 0 Å². The van der Waals surface area contributed by atoms with Crippen molar-refractivity contribution in [2.45, 2.75) is 33.3 Å². The summed E-state index contributed by atoms with van der Waals surface area (Å²) < 4.78 is 11.5. The highest BCUT2D eigenvalue weighted by Crippen LogP contribution is 2.20. The van der Waals surface area contributed by atoms with Gasteiger partial charge >= 0.3 is 0 Å². The second-order valence-corrected chi connectivity index (χ2v) is 6.29. The van der Waals surface area contributed by atoms with Crippen LogP contribution in [-0.4, -0.2) is 37.0 Å². The zero-order valence-corrected chi connectivity index (χ0v) is 16.4. The number of benzene rings is 1. The number of rotatable bonds is 12. The van der Waals surface area contributed by atoms with Crippen molar-refractivity contribution in [2.75, 3.05) is 26.2 Å². The van der Waals surface area contributed by atoms with Gasteiger partial charge in [-0.15, -0.1) is 6.58 Å². The number of para-hydroxylation sites is 1. The molecule has 1 N–H and O–H groups in total. The molecular formula is C22H30N2O3. The Bertz CT molecular complexity index is 720. The Morgan fingerprint density at radius 2 is 2.00 bits per heavy atom. The number of carbonyl (C=O) groups excluding carboxylic acids is 1. The van der Waals surface area contributed by atoms with Crippen molar-refractivity contribution in [1.29, 1.82) is 0 Å². The highest BCUT2D eigenvalue weighted by Gasteiger charge is 2.12. The summed E-state index contributed by atoms with van der Waals surface area (Å²) in [5, 5.41) is 2.90. The van der Waals surface area contributed by atoms with E-state index in [4.69, 9.17) is 9.15 Å². The largest absolute Gasteiger partial charge is 0.485 e. The summed E-state index contributed by atoms with van der Waals surface area (Å²) in [5.41, 5.74) is 1.07. The second-order valence-electron chi connectivity index (χ2n) is 6.29. The van der Waals surface area contributed by atoms with Crippen LogP contribution in [0.2, 0.25) is 0 Å². The van der Waals surface area contributed by atoms with E-state index >= 15 is 0 Å². The molecule has 1 heterocycles. The Labute approximate surface area is 162 Å². The average Bonchev–Trinajstić information content (AvgIpc) is 3.17.